The second kappa shape index (κ2) is 7.91. The van der Waals surface area contributed by atoms with Crippen LogP contribution < -0.4 is 0 Å². The molecule has 0 spiro atoms. The summed E-state index contributed by atoms with van der Waals surface area (Å²) in [4.78, 5) is 11.7. The lowest BCUT2D eigenvalue weighted by Crippen LogP contribution is -2.12. The minimum atomic E-state index is -0.216. The van der Waals surface area contributed by atoms with Crippen molar-refractivity contribution in [1.29, 1.82) is 0 Å². The third kappa shape index (κ3) is 5.85. The molecule has 0 fully saturated rings. The maximum Gasteiger partial charge on any atom is 0.338 e. The van der Waals surface area contributed by atoms with Gasteiger partial charge in [-0.2, -0.15) is 0 Å². The van der Waals surface area contributed by atoms with E-state index >= 15 is 0 Å². The van der Waals surface area contributed by atoms with Gasteiger partial charge >= 0.3 is 5.97 Å². The van der Waals surface area contributed by atoms with Crippen molar-refractivity contribution < 1.29 is 9.53 Å². The van der Waals surface area contributed by atoms with Gasteiger partial charge in [-0.1, -0.05) is 51.8 Å². The van der Waals surface area contributed by atoms with E-state index in [0.29, 0.717) is 18.1 Å². The van der Waals surface area contributed by atoms with Crippen LogP contribution in [0.4, 0.5) is 0 Å². The van der Waals surface area contributed by atoms with Gasteiger partial charge in [0.1, 0.15) is 0 Å². The monoisotopic (exact) mass is 248 g/mol. The maximum atomic E-state index is 11.7. The molecule has 1 unspecified atom stereocenters. The Morgan fingerprint density at radius 3 is 2.39 bits per heavy atom. The van der Waals surface area contributed by atoms with Gasteiger partial charge in [-0.3, -0.25) is 0 Å². The van der Waals surface area contributed by atoms with Crippen LogP contribution in [0.25, 0.3) is 0 Å². The van der Waals surface area contributed by atoms with Gasteiger partial charge < -0.3 is 4.74 Å². The lowest BCUT2D eigenvalue weighted by molar-refractivity contribution is 0.0442. The highest BCUT2D eigenvalue weighted by molar-refractivity contribution is 5.89. The van der Waals surface area contributed by atoms with Gasteiger partial charge in [0, 0.05) is 0 Å². The van der Waals surface area contributed by atoms with Gasteiger partial charge in [-0.05, 0) is 30.4 Å². The fourth-order valence-corrected chi connectivity index (χ4v) is 1.83. The van der Waals surface area contributed by atoms with E-state index < -0.39 is 0 Å². The molecule has 0 aliphatic rings. The van der Waals surface area contributed by atoms with Gasteiger partial charge in [-0.15, -0.1) is 0 Å². The molecule has 2 nitrogen and oxygen atoms in total. The molecule has 0 aromatic heterocycles. The van der Waals surface area contributed by atoms with Crippen molar-refractivity contribution in [2.75, 3.05) is 6.61 Å². The van der Waals surface area contributed by atoms with Crippen molar-refractivity contribution in [2.24, 2.45) is 11.8 Å². The molecule has 2 heteroatoms. The van der Waals surface area contributed by atoms with E-state index in [4.69, 9.17) is 4.74 Å². The van der Waals surface area contributed by atoms with Crippen molar-refractivity contribution in [3.63, 3.8) is 0 Å². The van der Waals surface area contributed by atoms with Gasteiger partial charge in [0.05, 0.1) is 12.2 Å². The number of hydrogen-bond donors (Lipinski definition) is 0. The third-order valence-corrected chi connectivity index (χ3v) is 2.99. The van der Waals surface area contributed by atoms with Crippen LogP contribution >= 0.6 is 0 Å². The van der Waals surface area contributed by atoms with Crippen LogP contribution in [0.3, 0.4) is 0 Å². The predicted octanol–water partition coefficient (Wildman–Crippen LogP) is 4.31. The molecule has 18 heavy (non-hydrogen) atoms. The van der Waals surface area contributed by atoms with Crippen LogP contribution in [0.15, 0.2) is 30.3 Å². The van der Waals surface area contributed by atoms with Gasteiger partial charge in [0.25, 0.3) is 0 Å². The highest BCUT2D eigenvalue weighted by atomic mass is 16.5. The van der Waals surface area contributed by atoms with Gasteiger partial charge in [0.2, 0.25) is 0 Å². The topological polar surface area (TPSA) is 26.3 Å². The van der Waals surface area contributed by atoms with Crippen molar-refractivity contribution in [1.82, 2.24) is 0 Å². The Bertz CT molecular complexity index is 343. The van der Waals surface area contributed by atoms with Gasteiger partial charge in [-0.25, -0.2) is 4.79 Å². The zero-order chi connectivity index (χ0) is 13.4. The molecule has 0 saturated heterocycles. The normalized spacial score (nSPS) is 12.4. The van der Waals surface area contributed by atoms with Crippen molar-refractivity contribution in [3.8, 4) is 0 Å². The third-order valence-electron chi connectivity index (χ3n) is 2.99. The number of benzene rings is 1. The van der Waals surface area contributed by atoms with Crippen LogP contribution in [-0.4, -0.2) is 12.6 Å². The van der Waals surface area contributed by atoms with Crippen LogP contribution in [0.1, 0.15) is 50.4 Å². The average Bonchev–Trinajstić information content (AvgIpc) is 2.36. The fourth-order valence-electron chi connectivity index (χ4n) is 1.83. The van der Waals surface area contributed by atoms with E-state index in [2.05, 4.69) is 20.8 Å². The summed E-state index contributed by atoms with van der Waals surface area (Å²) in [7, 11) is 0. The first-order valence-electron chi connectivity index (χ1n) is 6.81. The predicted molar refractivity (Wildman–Crippen MR) is 74.6 cm³/mol. The number of ether oxygens (including phenoxy) is 1. The molecule has 0 saturated carbocycles. The number of carbonyl (C=O) groups excluding carboxylic acids is 1. The summed E-state index contributed by atoms with van der Waals surface area (Å²) in [5, 5.41) is 0. The molecular weight excluding hydrogens is 224 g/mol. The average molecular weight is 248 g/mol. The Morgan fingerprint density at radius 2 is 1.78 bits per heavy atom. The second-order valence-electron chi connectivity index (χ2n) is 5.39. The van der Waals surface area contributed by atoms with Crippen LogP contribution in [0, 0.1) is 11.8 Å². The Kier molecular flexibility index (Phi) is 6.48. The molecule has 0 aliphatic carbocycles. The molecule has 0 N–H and O–H groups in total. The lowest BCUT2D eigenvalue weighted by atomic mass is 10.0. The molecule has 0 heterocycles. The summed E-state index contributed by atoms with van der Waals surface area (Å²) in [6, 6.07) is 9.16. The van der Waals surface area contributed by atoms with Crippen molar-refractivity contribution >= 4 is 5.97 Å². The van der Waals surface area contributed by atoms with Crippen LogP contribution in [-0.2, 0) is 4.74 Å². The molecule has 1 rings (SSSR count). The van der Waals surface area contributed by atoms with Crippen LogP contribution in [0.2, 0.25) is 0 Å². The Hall–Kier alpha value is -1.31. The van der Waals surface area contributed by atoms with Crippen LogP contribution in [0.5, 0.6) is 0 Å². The van der Waals surface area contributed by atoms with E-state index in [0.717, 1.165) is 12.3 Å². The SMILES string of the molecule is CC(C)CCCC(C)COC(=O)c1ccccc1. The minimum Gasteiger partial charge on any atom is -0.462 e. The Balaban J connectivity index is 2.22. The fraction of sp³-hybridized carbons (Fsp3) is 0.562. The van der Waals surface area contributed by atoms with E-state index in [-0.39, 0.29) is 5.97 Å². The number of rotatable bonds is 7. The van der Waals surface area contributed by atoms with E-state index in [9.17, 15) is 4.79 Å². The summed E-state index contributed by atoms with van der Waals surface area (Å²) < 4.78 is 5.31. The highest BCUT2D eigenvalue weighted by Gasteiger charge is 2.09. The molecule has 100 valence electrons. The first-order valence-corrected chi connectivity index (χ1v) is 6.81. The molecule has 0 radical (unpaired) electrons. The minimum absolute atomic E-state index is 0.216. The first-order chi connectivity index (χ1) is 8.59. The standard InChI is InChI=1S/C16H24O2/c1-13(2)8-7-9-14(3)12-18-16(17)15-10-5-4-6-11-15/h4-6,10-11,13-14H,7-9,12H2,1-3H3. The summed E-state index contributed by atoms with van der Waals surface area (Å²) in [6.45, 7) is 7.13. The van der Waals surface area contributed by atoms with Crippen molar-refractivity contribution in [2.45, 2.75) is 40.0 Å². The zero-order valence-corrected chi connectivity index (χ0v) is 11.7. The van der Waals surface area contributed by atoms with Crippen molar-refractivity contribution in [3.05, 3.63) is 35.9 Å². The maximum absolute atomic E-state index is 11.7. The molecule has 0 aliphatic heterocycles. The summed E-state index contributed by atoms with van der Waals surface area (Å²) in [5.41, 5.74) is 0.631. The van der Waals surface area contributed by atoms with E-state index in [1.54, 1.807) is 12.1 Å². The highest BCUT2D eigenvalue weighted by Crippen LogP contribution is 2.13. The zero-order valence-electron chi connectivity index (χ0n) is 11.7. The summed E-state index contributed by atoms with van der Waals surface area (Å²) in [5.74, 6) is 0.979. The summed E-state index contributed by atoms with van der Waals surface area (Å²) >= 11 is 0. The molecule has 0 bridgehead atoms. The molecule has 1 atom stereocenters. The second-order valence-corrected chi connectivity index (χ2v) is 5.39. The van der Waals surface area contributed by atoms with E-state index in [1.165, 1.54) is 12.8 Å². The number of hydrogen-bond acceptors (Lipinski definition) is 2. The molecule has 1 aromatic rings. The lowest BCUT2D eigenvalue weighted by Gasteiger charge is -2.12. The summed E-state index contributed by atoms with van der Waals surface area (Å²) in [6.07, 6.45) is 3.58. The van der Waals surface area contributed by atoms with Gasteiger partial charge in [0.15, 0.2) is 0 Å². The Morgan fingerprint density at radius 1 is 1.11 bits per heavy atom. The Labute approximate surface area is 110 Å². The smallest absolute Gasteiger partial charge is 0.338 e. The largest absolute Gasteiger partial charge is 0.462 e. The molecular formula is C16H24O2. The molecule has 1 aromatic carbocycles. The number of esters is 1. The van der Waals surface area contributed by atoms with E-state index in [1.807, 2.05) is 18.2 Å². The first kappa shape index (κ1) is 14.7. The quantitative estimate of drug-likeness (QED) is 0.672. The number of carbonyl (C=O) groups is 1. The molecule has 0 amide bonds.